The van der Waals surface area contributed by atoms with E-state index in [0.29, 0.717) is 33.0 Å². The second-order valence-corrected chi connectivity index (χ2v) is 9.10. The highest BCUT2D eigenvalue weighted by Gasteiger charge is 2.18. The monoisotopic (exact) mass is 467 g/mol. The first kappa shape index (κ1) is 21.0. The summed E-state index contributed by atoms with van der Waals surface area (Å²) in [6.07, 6.45) is 4.03. The van der Waals surface area contributed by atoms with E-state index >= 15 is 0 Å². The number of nitrogens with one attached hydrogen (secondary N) is 1. The van der Waals surface area contributed by atoms with Gasteiger partial charge >= 0.3 is 0 Å². The third-order valence-electron chi connectivity index (χ3n) is 3.59. The molecule has 1 aromatic carbocycles. The van der Waals surface area contributed by atoms with E-state index in [-0.39, 0.29) is 10.7 Å². The predicted molar refractivity (Wildman–Crippen MR) is 111 cm³/mol. The summed E-state index contributed by atoms with van der Waals surface area (Å²) in [6.45, 7) is 0. The molecule has 3 aromatic rings. The van der Waals surface area contributed by atoms with Crippen molar-refractivity contribution in [1.82, 2.24) is 13.9 Å². The van der Waals surface area contributed by atoms with E-state index in [1.165, 1.54) is 6.08 Å². The number of rotatable bonds is 5. The number of hydrogen-bond donors (Lipinski definition) is 1. The van der Waals surface area contributed by atoms with Crippen LogP contribution < -0.4 is 5.32 Å². The summed E-state index contributed by atoms with van der Waals surface area (Å²) in [7, 11) is -3.60. The number of carbonyl (C=O) groups excluding carboxylic acids is 1. The Hall–Kier alpha value is -2.71. The number of anilines is 1. The van der Waals surface area contributed by atoms with Crippen LogP contribution in [0.5, 0.6) is 0 Å². The topological polar surface area (TPSA) is 118 Å². The first-order chi connectivity index (χ1) is 13.7. The zero-order chi connectivity index (χ0) is 21.2. The fourth-order valence-corrected chi connectivity index (χ4v) is 4.11. The molecule has 0 radical (unpaired) electrons. The van der Waals surface area contributed by atoms with Gasteiger partial charge in [-0.1, -0.05) is 29.3 Å². The van der Waals surface area contributed by atoms with Crippen molar-refractivity contribution < 1.29 is 13.2 Å². The normalized spacial score (nSPS) is 11.9. The number of aromatic nitrogens is 3. The molecule has 1 amide bonds. The number of amides is 1. The third-order valence-corrected chi connectivity index (χ3v) is 5.99. The molecule has 148 valence electrons. The summed E-state index contributed by atoms with van der Waals surface area (Å²) in [5.74, 6) is -0.756. The van der Waals surface area contributed by atoms with Gasteiger partial charge in [-0.25, -0.2) is 8.42 Å². The summed E-state index contributed by atoms with van der Waals surface area (Å²) < 4.78 is 28.2. The van der Waals surface area contributed by atoms with Crippen molar-refractivity contribution in [3.8, 4) is 11.8 Å². The molecule has 29 heavy (non-hydrogen) atoms. The van der Waals surface area contributed by atoms with Crippen LogP contribution in [-0.2, 0) is 14.6 Å². The van der Waals surface area contributed by atoms with Gasteiger partial charge < -0.3 is 4.57 Å². The van der Waals surface area contributed by atoms with Crippen molar-refractivity contribution in [3.05, 3.63) is 57.8 Å². The number of halogens is 2. The van der Waals surface area contributed by atoms with E-state index in [9.17, 15) is 18.5 Å². The Balaban J connectivity index is 1.91. The molecular formula is C17H11Cl2N5O3S2. The van der Waals surface area contributed by atoms with Crippen LogP contribution in [0, 0.1) is 11.3 Å². The zero-order valence-electron chi connectivity index (χ0n) is 14.6. The first-order valence-electron chi connectivity index (χ1n) is 7.79. The summed E-state index contributed by atoms with van der Waals surface area (Å²) in [5.41, 5.74) is 0.865. The highest BCUT2D eigenvalue weighted by molar-refractivity contribution is 7.90. The highest BCUT2D eigenvalue weighted by Crippen LogP contribution is 2.30. The molecule has 0 fully saturated rings. The number of benzene rings is 1. The van der Waals surface area contributed by atoms with Crippen LogP contribution in [0.4, 0.5) is 5.13 Å². The highest BCUT2D eigenvalue weighted by atomic mass is 35.5. The SMILES string of the molecule is CS(=O)(=O)c1nsc(NC(=O)C(C#N)=Cc2cccn2-c2cccc(Cl)c2Cl)n1. The Labute approximate surface area is 180 Å². The molecule has 1 N–H and O–H groups in total. The fourth-order valence-electron chi connectivity index (χ4n) is 2.28. The first-order valence-corrected chi connectivity index (χ1v) is 11.2. The van der Waals surface area contributed by atoms with Crippen LogP contribution in [0.1, 0.15) is 5.69 Å². The third kappa shape index (κ3) is 4.65. The lowest BCUT2D eigenvalue weighted by Gasteiger charge is -2.10. The molecule has 2 aromatic heterocycles. The van der Waals surface area contributed by atoms with Gasteiger partial charge in [-0.15, -0.1) is 0 Å². The minimum Gasteiger partial charge on any atom is -0.316 e. The van der Waals surface area contributed by atoms with E-state index in [0.717, 1.165) is 6.26 Å². The van der Waals surface area contributed by atoms with Gasteiger partial charge in [-0.05, 0) is 30.3 Å². The largest absolute Gasteiger partial charge is 0.316 e. The summed E-state index contributed by atoms with van der Waals surface area (Å²) in [4.78, 5) is 16.2. The van der Waals surface area contributed by atoms with E-state index < -0.39 is 20.9 Å². The number of carbonyl (C=O) groups is 1. The van der Waals surface area contributed by atoms with E-state index in [1.807, 2.05) is 6.07 Å². The molecule has 0 aliphatic heterocycles. The lowest BCUT2D eigenvalue weighted by atomic mass is 10.2. The van der Waals surface area contributed by atoms with Gasteiger partial charge in [-0.2, -0.15) is 14.6 Å². The lowest BCUT2D eigenvalue weighted by molar-refractivity contribution is -0.112. The minimum atomic E-state index is -3.60. The van der Waals surface area contributed by atoms with E-state index in [2.05, 4.69) is 14.7 Å². The molecule has 0 saturated heterocycles. The molecule has 3 rings (SSSR count). The molecule has 0 atom stereocenters. The van der Waals surface area contributed by atoms with Gasteiger partial charge in [0.25, 0.3) is 11.1 Å². The zero-order valence-corrected chi connectivity index (χ0v) is 17.8. The summed E-state index contributed by atoms with van der Waals surface area (Å²) in [6, 6.07) is 10.3. The maximum atomic E-state index is 12.4. The molecule has 0 aliphatic rings. The van der Waals surface area contributed by atoms with Gasteiger partial charge in [0.15, 0.2) is 0 Å². The number of sulfone groups is 1. The Kier molecular flexibility index (Phi) is 6.04. The Morgan fingerprint density at radius 1 is 1.31 bits per heavy atom. The van der Waals surface area contributed by atoms with Crippen molar-refractivity contribution >= 4 is 61.7 Å². The number of nitriles is 1. The van der Waals surface area contributed by atoms with Gasteiger partial charge in [0.1, 0.15) is 11.6 Å². The van der Waals surface area contributed by atoms with E-state index in [1.54, 1.807) is 41.1 Å². The van der Waals surface area contributed by atoms with Crippen molar-refractivity contribution in [3.63, 3.8) is 0 Å². The van der Waals surface area contributed by atoms with Gasteiger partial charge in [0, 0.05) is 29.7 Å². The quantitative estimate of drug-likeness (QED) is 0.452. The van der Waals surface area contributed by atoms with Crippen LogP contribution in [0.3, 0.4) is 0 Å². The Morgan fingerprint density at radius 3 is 2.72 bits per heavy atom. The molecule has 0 aliphatic carbocycles. The van der Waals surface area contributed by atoms with Crippen molar-refractivity contribution in [2.45, 2.75) is 5.16 Å². The summed E-state index contributed by atoms with van der Waals surface area (Å²) >= 11 is 13.0. The van der Waals surface area contributed by atoms with Crippen LogP contribution in [0.15, 0.2) is 47.3 Å². The minimum absolute atomic E-state index is 0.0372. The van der Waals surface area contributed by atoms with Crippen LogP contribution in [0.25, 0.3) is 11.8 Å². The van der Waals surface area contributed by atoms with E-state index in [4.69, 9.17) is 23.2 Å². The maximum Gasteiger partial charge on any atom is 0.268 e. The predicted octanol–water partition coefficient (Wildman–Crippen LogP) is 3.58. The molecule has 0 bridgehead atoms. The molecule has 12 heteroatoms. The second kappa shape index (κ2) is 8.34. The Bertz CT molecular complexity index is 1270. The average Bonchev–Trinajstić information content (AvgIpc) is 3.31. The molecule has 0 spiro atoms. The van der Waals surface area contributed by atoms with Crippen molar-refractivity contribution in [2.24, 2.45) is 0 Å². The van der Waals surface area contributed by atoms with Gasteiger partial charge in [-0.3, -0.25) is 10.1 Å². The van der Waals surface area contributed by atoms with Crippen LogP contribution in [-0.4, -0.2) is 34.5 Å². The van der Waals surface area contributed by atoms with Crippen molar-refractivity contribution in [2.75, 3.05) is 11.6 Å². The molecule has 2 heterocycles. The van der Waals surface area contributed by atoms with Crippen molar-refractivity contribution in [1.29, 1.82) is 5.26 Å². The maximum absolute atomic E-state index is 12.4. The average molecular weight is 468 g/mol. The molecular weight excluding hydrogens is 457 g/mol. The second-order valence-electron chi connectivity index (χ2n) is 5.65. The fraction of sp³-hybridized carbons (Fsp3) is 0.0588. The van der Waals surface area contributed by atoms with Gasteiger partial charge in [0.05, 0.1) is 15.7 Å². The van der Waals surface area contributed by atoms with Crippen LogP contribution >= 0.6 is 34.7 Å². The lowest BCUT2D eigenvalue weighted by Crippen LogP contribution is -2.14. The summed E-state index contributed by atoms with van der Waals surface area (Å²) in [5, 5.41) is 12.0. The smallest absolute Gasteiger partial charge is 0.268 e. The molecule has 0 saturated carbocycles. The number of nitrogens with zero attached hydrogens (tertiary/aromatic N) is 4. The van der Waals surface area contributed by atoms with Gasteiger partial charge in [0.2, 0.25) is 15.0 Å². The number of hydrogen-bond acceptors (Lipinski definition) is 7. The van der Waals surface area contributed by atoms with Crippen LogP contribution in [0.2, 0.25) is 10.0 Å². The molecule has 8 nitrogen and oxygen atoms in total. The molecule has 0 unspecified atom stereocenters. The standard InChI is InChI=1S/C17H11Cl2N5O3S2/c1-29(26,27)17-22-16(28-23-17)21-15(25)10(9-20)8-11-4-3-7-24(11)13-6-2-5-12(18)14(13)19/h2-8H,1H3,(H,21,22,23,25). The Morgan fingerprint density at radius 2 is 2.07 bits per heavy atom.